The van der Waals surface area contributed by atoms with Crippen LogP contribution in [0.3, 0.4) is 0 Å². The highest BCUT2D eigenvalue weighted by Crippen LogP contribution is 2.27. The number of halogens is 3. The smallest absolute Gasteiger partial charge is 0.453 e. The Labute approximate surface area is 96.5 Å². The van der Waals surface area contributed by atoms with Gasteiger partial charge in [-0.25, -0.2) is 9.78 Å². The first-order chi connectivity index (χ1) is 7.80. The number of hydrogen-bond acceptors (Lipinski definition) is 5. The van der Waals surface area contributed by atoms with Gasteiger partial charge in [-0.2, -0.15) is 22.7 Å². The lowest BCUT2D eigenvalue weighted by Gasteiger charge is -2.00. The van der Waals surface area contributed by atoms with Gasteiger partial charge in [0.05, 0.1) is 0 Å². The number of carboxylic acids is 1. The summed E-state index contributed by atoms with van der Waals surface area (Å²) in [6.07, 6.45) is -3.86. The van der Waals surface area contributed by atoms with Gasteiger partial charge in [-0.15, -0.1) is 17.7 Å². The van der Waals surface area contributed by atoms with Crippen LogP contribution in [-0.2, 0) is 6.18 Å². The Bertz CT molecular complexity index is 609. The van der Waals surface area contributed by atoms with Crippen LogP contribution in [0.5, 0.6) is 0 Å². The number of nitrogens with zero attached hydrogens (tertiary/aromatic N) is 4. The summed E-state index contributed by atoms with van der Waals surface area (Å²) in [5.74, 6) is -3.14. The van der Waals surface area contributed by atoms with Gasteiger partial charge in [-0.1, -0.05) is 0 Å². The van der Waals surface area contributed by atoms with E-state index in [0.717, 1.165) is 6.20 Å². The minimum absolute atomic E-state index is 0.273. The Morgan fingerprint density at radius 2 is 2.12 bits per heavy atom. The SMILES string of the molecule is O=C(O)c1cnc2nc(C(F)(F)F)nn2c1S. The standard InChI is InChI=1S/C7H3F3N4O2S/c8-7(9,10)5-12-6-11-1-2(4(15)16)3(17)14(6)13-5/h1,17H,(H,15,16). The first kappa shape index (κ1) is 11.6. The number of hydrogen-bond donors (Lipinski definition) is 2. The lowest BCUT2D eigenvalue weighted by atomic mass is 10.3. The van der Waals surface area contributed by atoms with E-state index in [1.54, 1.807) is 0 Å². The maximum Gasteiger partial charge on any atom is 0.453 e. The third kappa shape index (κ3) is 1.90. The molecule has 0 aliphatic carbocycles. The minimum atomic E-state index is -4.72. The van der Waals surface area contributed by atoms with Crippen molar-refractivity contribution in [3.05, 3.63) is 17.6 Å². The molecule has 0 saturated heterocycles. The molecule has 2 aromatic heterocycles. The van der Waals surface area contributed by atoms with Crippen LogP contribution in [0.4, 0.5) is 13.2 Å². The molecule has 0 fully saturated rings. The molecule has 0 aromatic carbocycles. The van der Waals surface area contributed by atoms with E-state index in [0.29, 0.717) is 4.52 Å². The fourth-order valence-corrected chi connectivity index (χ4v) is 1.38. The zero-order valence-electron chi connectivity index (χ0n) is 7.80. The summed E-state index contributed by atoms with van der Waals surface area (Å²) in [5, 5.41) is 11.6. The van der Waals surface area contributed by atoms with E-state index in [9.17, 15) is 18.0 Å². The Morgan fingerprint density at radius 3 is 2.65 bits per heavy atom. The van der Waals surface area contributed by atoms with Crippen molar-refractivity contribution in [3.63, 3.8) is 0 Å². The van der Waals surface area contributed by atoms with Crippen LogP contribution < -0.4 is 0 Å². The third-order valence-corrected chi connectivity index (χ3v) is 2.26. The van der Waals surface area contributed by atoms with Crippen LogP contribution in [0.2, 0.25) is 0 Å². The van der Waals surface area contributed by atoms with Gasteiger partial charge >= 0.3 is 12.1 Å². The lowest BCUT2D eigenvalue weighted by Crippen LogP contribution is -2.08. The number of alkyl halides is 3. The van der Waals surface area contributed by atoms with Gasteiger partial charge in [0, 0.05) is 6.20 Å². The van der Waals surface area contributed by atoms with Crippen LogP contribution in [-0.4, -0.2) is 30.7 Å². The number of aromatic nitrogens is 4. The average Bonchev–Trinajstić information content (AvgIpc) is 2.61. The predicted octanol–water partition coefficient (Wildman–Crippen LogP) is 1.13. The molecule has 2 heterocycles. The Kier molecular flexibility index (Phi) is 2.45. The lowest BCUT2D eigenvalue weighted by molar-refractivity contribution is -0.144. The molecular weight excluding hydrogens is 261 g/mol. The zero-order valence-corrected chi connectivity index (χ0v) is 8.70. The monoisotopic (exact) mass is 264 g/mol. The Balaban J connectivity index is 2.70. The molecule has 0 atom stereocenters. The number of thiol groups is 1. The fraction of sp³-hybridized carbons (Fsp3) is 0.143. The molecule has 2 aromatic rings. The number of aromatic carboxylic acids is 1. The normalized spacial score (nSPS) is 12.0. The van der Waals surface area contributed by atoms with Crippen molar-refractivity contribution in [1.29, 1.82) is 0 Å². The highest BCUT2D eigenvalue weighted by Gasteiger charge is 2.37. The van der Waals surface area contributed by atoms with E-state index < -0.39 is 18.0 Å². The van der Waals surface area contributed by atoms with E-state index in [1.807, 2.05) is 0 Å². The molecule has 0 amide bonds. The van der Waals surface area contributed by atoms with Crippen molar-refractivity contribution < 1.29 is 23.1 Å². The number of rotatable bonds is 1. The van der Waals surface area contributed by atoms with Gasteiger partial charge in [0.15, 0.2) is 0 Å². The minimum Gasteiger partial charge on any atom is -0.478 e. The molecule has 1 N–H and O–H groups in total. The second kappa shape index (κ2) is 3.58. The van der Waals surface area contributed by atoms with Crippen LogP contribution in [0, 0.1) is 0 Å². The number of carboxylic acid groups (broad SMARTS) is 1. The van der Waals surface area contributed by atoms with Crippen molar-refractivity contribution >= 4 is 24.4 Å². The van der Waals surface area contributed by atoms with Gasteiger partial charge in [0.1, 0.15) is 10.6 Å². The average molecular weight is 264 g/mol. The molecule has 0 bridgehead atoms. The first-order valence-corrected chi connectivity index (χ1v) is 4.50. The summed E-state index contributed by atoms with van der Waals surface area (Å²) >= 11 is 3.78. The molecular formula is C7H3F3N4O2S. The van der Waals surface area contributed by atoms with Crippen LogP contribution >= 0.6 is 12.6 Å². The van der Waals surface area contributed by atoms with E-state index in [1.165, 1.54) is 0 Å². The number of carbonyl (C=O) groups is 1. The van der Waals surface area contributed by atoms with Crippen LogP contribution in [0.1, 0.15) is 16.2 Å². The first-order valence-electron chi connectivity index (χ1n) is 4.06. The van der Waals surface area contributed by atoms with Gasteiger partial charge < -0.3 is 5.11 Å². The van der Waals surface area contributed by atoms with Gasteiger partial charge in [0.2, 0.25) is 0 Å². The molecule has 90 valence electrons. The molecule has 17 heavy (non-hydrogen) atoms. The summed E-state index contributed by atoms with van der Waals surface area (Å²) in [7, 11) is 0. The molecule has 0 saturated carbocycles. The second-order valence-corrected chi connectivity index (χ2v) is 3.37. The molecule has 6 nitrogen and oxygen atoms in total. The largest absolute Gasteiger partial charge is 0.478 e. The molecule has 10 heteroatoms. The molecule has 0 unspecified atom stereocenters. The topological polar surface area (TPSA) is 80.4 Å². The molecule has 0 radical (unpaired) electrons. The number of fused-ring (bicyclic) bond motifs is 1. The second-order valence-electron chi connectivity index (χ2n) is 2.95. The Hall–Kier alpha value is -1.84. The summed E-state index contributed by atoms with van der Waals surface area (Å²) in [4.78, 5) is 17.3. The van der Waals surface area contributed by atoms with Gasteiger partial charge in [-0.3, -0.25) is 0 Å². The van der Waals surface area contributed by atoms with Crippen molar-refractivity contribution in [2.45, 2.75) is 11.2 Å². The molecule has 2 rings (SSSR count). The summed E-state index contributed by atoms with van der Waals surface area (Å²) in [5.41, 5.74) is -0.362. The van der Waals surface area contributed by atoms with Crippen LogP contribution in [0.15, 0.2) is 11.2 Å². The summed E-state index contributed by atoms with van der Waals surface area (Å²) < 4.78 is 37.5. The van der Waals surface area contributed by atoms with Crippen molar-refractivity contribution in [2.24, 2.45) is 0 Å². The van der Waals surface area contributed by atoms with Crippen molar-refractivity contribution in [1.82, 2.24) is 19.6 Å². The summed E-state index contributed by atoms with van der Waals surface area (Å²) in [6, 6.07) is 0. The van der Waals surface area contributed by atoms with E-state index in [4.69, 9.17) is 5.11 Å². The highest BCUT2D eigenvalue weighted by atomic mass is 32.1. The molecule has 0 spiro atoms. The molecule has 0 aliphatic rings. The summed E-state index contributed by atoms with van der Waals surface area (Å²) in [6.45, 7) is 0. The maximum atomic E-state index is 12.3. The Morgan fingerprint density at radius 1 is 1.47 bits per heavy atom. The van der Waals surface area contributed by atoms with E-state index in [-0.39, 0.29) is 16.4 Å². The fourth-order valence-electron chi connectivity index (χ4n) is 1.09. The van der Waals surface area contributed by atoms with Crippen molar-refractivity contribution in [3.8, 4) is 0 Å². The van der Waals surface area contributed by atoms with Gasteiger partial charge in [0.25, 0.3) is 11.6 Å². The highest BCUT2D eigenvalue weighted by molar-refractivity contribution is 7.80. The quantitative estimate of drug-likeness (QED) is 0.596. The van der Waals surface area contributed by atoms with Gasteiger partial charge in [-0.05, 0) is 0 Å². The third-order valence-electron chi connectivity index (χ3n) is 1.82. The van der Waals surface area contributed by atoms with E-state index >= 15 is 0 Å². The maximum absolute atomic E-state index is 12.3. The molecule has 0 aliphatic heterocycles. The zero-order chi connectivity index (χ0) is 12.8. The van der Waals surface area contributed by atoms with Crippen LogP contribution in [0.25, 0.3) is 5.78 Å². The predicted molar refractivity (Wildman–Crippen MR) is 50.0 cm³/mol. The van der Waals surface area contributed by atoms with Crippen molar-refractivity contribution in [2.75, 3.05) is 0 Å². The van der Waals surface area contributed by atoms with E-state index in [2.05, 4.69) is 27.7 Å².